The van der Waals surface area contributed by atoms with E-state index < -0.39 is 0 Å². The van der Waals surface area contributed by atoms with Crippen molar-refractivity contribution >= 4 is 29.6 Å². The summed E-state index contributed by atoms with van der Waals surface area (Å²) in [5, 5.41) is 2.57. The number of carbonyl (C=O) groups is 2. The minimum Gasteiger partial charge on any atom is -0.396 e. The summed E-state index contributed by atoms with van der Waals surface area (Å²) in [7, 11) is 0. The SMILES string of the molecule is Nc1c(C=O)cc(C=O)c(N)c1N=O. The van der Waals surface area contributed by atoms with Crippen molar-refractivity contribution in [1.82, 2.24) is 0 Å². The lowest BCUT2D eigenvalue weighted by atomic mass is 10.1. The van der Waals surface area contributed by atoms with Gasteiger partial charge in [-0.15, -0.1) is 4.91 Å². The number of nitrogens with two attached hydrogens (primary N) is 2. The molecule has 0 saturated heterocycles. The molecule has 0 aliphatic rings. The molecule has 6 heteroatoms. The van der Waals surface area contributed by atoms with E-state index in [-0.39, 0.29) is 28.2 Å². The molecule has 0 unspecified atom stereocenters. The van der Waals surface area contributed by atoms with Gasteiger partial charge in [0.1, 0.15) is 0 Å². The highest BCUT2D eigenvalue weighted by molar-refractivity contribution is 5.99. The summed E-state index contributed by atoms with van der Waals surface area (Å²) in [6.45, 7) is 0. The number of nitroso groups, excluding NO2 is 1. The minimum absolute atomic E-state index is 0.0240. The van der Waals surface area contributed by atoms with Crippen molar-refractivity contribution in [2.45, 2.75) is 0 Å². The topological polar surface area (TPSA) is 116 Å². The van der Waals surface area contributed by atoms with Gasteiger partial charge in [0, 0.05) is 11.1 Å². The van der Waals surface area contributed by atoms with Gasteiger partial charge in [0.15, 0.2) is 18.3 Å². The third kappa shape index (κ3) is 1.33. The molecule has 0 fully saturated rings. The summed E-state index contributed by atoms with van der Waals surface area (Å²) in [5.41, 5.74) is 10.4. The number of anilines is 2. The van der Waals surface area contributed by atoms with Crippen LogP contribution in [0.4, 0.5) is 17.1 Å². The van der Waals surface area contributed by atoms with E-state index in [1.54, 1.807) is 0 Å². The largest absolute Gasteiger partial charge is 0.396 e. The van der Waals surface area contributed by atoms with Crippen molar-refractivity contribution in [2.24, 2.45) is 5.18 Å². The molecule has 6 nitrogen and oxygen atoms in total. The van der Waals surface area contributed by atoms with Crippen LogP contribution in [0, 0.1) is 4.91 Å². The molecule has 14 heavy (non-hydrogen) atoms. The number of nitrogen functional groups attached to an aromatic ring is 2. The number of aldehydes is 2. The van der Waals surface area contributed by atoms with Crippen LogP contribution in [-0.4, -0.2) is 12.6 Å². The summed E-state index contributed by atoms with van der Waals surface area (Å²) < 4.78 is 0. The van der Waals surface area contributed by atoms with Crippen molar-refractivity contribution in [1.29, 1.82) is 0 Å². The van der Waals surface area contributed by atoms with Crippen LogP contribution in [0.5, 0.6) is 0 Å². The maximum atomic E-state index is 10.5. The molecule has 0 aliphatic heterocycles. The van der Waals surface area contributed by atoms with Gasteiger partial charge in [-0.3, -0.25) is 9.59 Å². The predicted molar refractivity (Wildman–Crippen MR) is 51.5 cm³/mol. The lowest BCUT2D eigenvalue weighted by molar-refractivity contribution is 0.112. The second-order valence-corrected chi connectivity index (χ2v) is 2.56. The lowest BCUT2D eigenvalue weighted by Crippen LogP contribution is -2.01. The van der Waals surface area contributed by atoms with Crippen molar-refractivity contribution in [3.8, 4) is 0 Å². The first kappa shape index (κ1) is 9.85. The average molecular weight is 193 g/mol. The van der Waals surface area contributed by atoms with Gasteiger partial charge in [0.05, 0.1) is 11.4 Å². The summed E-state index contributed by atoms with van der Waals surface area (Å²) in [5.74, 6) is 0. The number of carbonyl (C=O) groups excluding carboxylic acids is 2. The summed E-state index contributed by atoms with van der Waals surface area (Å²) in [6, 6.07) is 1.21. The molecule has 0 bridgehead atoms. The van der Waals surface area contributed by atoms with E-state index in [4.69, 9.17) is 11.5 Å². The molecule has 0 amide bonds. The molecular formula is C8H7N3O3. The molecule has 0 aliphatic carbocycles. The van der Waals surface area contributed by atoms with Gasteiger partial charge in [-0.05, 0) is 11.2 Å². The maximum absolute atomic E-state index is 10.5. The van der Waals surface area contributed by atoms with Gasteiger partial charge in [-0.25, -0.2) is 0 Å². The van der Waals surface area contributed by atoms with E-state index in [0.717, 1.165) is 0 Å². The second kappa shape index (κ2) is 3.65. The number of rotatable bonds is 3. The molecule has 0 aromatic heterocycles. The fourth-order valence-electron chi connectivity index (χ4n) is 1.03. The highest BCUT2D eigenvalue weighted by Gasteiger charge is 2.13. The molecule has 0 radical (unpaired) electrons. The van der Waals surface area contributed by atoms with Gasteiger partial charge >= 0.3 is 0 Å². The molecule has 4 N–H and O–H groups in total. The zero-order valence-electron chi connectivity index (χ0n) is 7.06. The second-order valence-electron chi connectivity index (χ2n) is 2.56. The Bertz CT molecular complexity index is 383. The Balaban J connectivity index is 3.62. The number of hydrogen-bond acceptors (Lipinski definition) is 6. The number of benzene rings is 1. The van der Waals surface area contributed by atoms with Crippen LogP contribution in [0.15, 0.2) is 11.2 Å². The Kier molecular flexibility index (Phi) is 2.57. The zero-order chi connectivity index (χ0) is 10.7. The molecule has 1 aromatic rings. The van der Waals surface area contributed by atoms with Crippen molar-refractivity contribution in [3.63, 3.8) is 0 Å². The monoisotopic (exact) mass is 193 g/mol. The van der Waals surface area contributed by atoms with E-state index in [1.165, 1.54) is 6.07 Å². The van der Waals surface area contributed by atoms with E-state index in [2.05, 4.69) is 5.18 Å². The van der Waals surface area contributed by atoms with E-state index in [0.29, 0.717) is 12.6 Å². The van der Waals surface area contributed by atoms with Gasteiger partial charge in [0.2, 0.25) is 0 Å². The first-order chi connectivity index (χ1) is 6.65. The predicted octanol–water partition coefficient (Wildman–Crippen LogP) is 0.874. The minimum atomic E-state index is -0.267. The molecule has 72 valence electrons. The van der Waals surface area contributed by atoms with Crippen LogP contribution in [0.25, 0.3) is 0 Å². The molecule has 0 atom stereocenters. The van der Waals surface area contributed by atoms with Gasteiger partial charge < -0.3 is 11.5 Å². The average Bonchev–Trinajstić information content (AvgIpc) is 2.19. The first-order valence-corrected chi connectivity index (χ1v) is 3.61. The van der Waals surface area contributed by atoms with Crippen LogP contribution in [0.2, 0.25) is 0 Å². The van der Waals surface area contributed by atoms with Crippen LogP contribution in [-0.2, 0) is 0 Å². The van der Waals surface area contributed by atoms with Crippen LogP contribution in [0.3, 0.4) is 0 Å². The third-order valence-corrected chi connectivity index (χ3v) is 1.79. The summed E-state index contributed by atoms with van der Waals surface area (Å²) >= 11 is 0. The Labute approximate surface area is 78.9 Å². The van der Waals surface area contributed by atoms with Crippen molar-refractivity contribution < 1.29 is 9.59 Å². The zero-order valence-corrected chi connectivity index (χ0v) is 7.06. The van der Waals surface area contributed by atoms with Crippen LogP contribution < -0.4 is 11.5 Å². The first-order valence-electron chi connectivity index (χ1n) is 3.61. The van der Waals surface area contributed by atoms with E-state index >= 15 is 0 Å². The Morgan fingerprint density at radius 2 is 1.50 bits per heavy atom. The summed E-state index contributed by atoms with van der Waals surface area (Å²) in [4.78, 5) is 31.3. The van der Waals surface area contributed by atoms with Crippen LogP contribution >= 0.6 is 0 Å². The van der Waals surface area contributed by atoms with Crippen molar-refractivity contribution in [3.05, 3.63) is 22.1 Å². The van der Waals surface area contributed by atoms with Gasteiger partial charge in [-0.2, -0.15) is 0 Å². The normalized spacial score (nSPS) is 9.43. The molecule has 0 heterocycles. The van der Waals surface area contributed by atoms with Crippen molar-refractivity contribution in [2.75, 3.05) is 11.5 Å². The fraction of sp³-hybridized carbons (Fsp3) is 0. The quantitative estimate of drug-likeness (QED) is 0.419. The Morgan fingerprint density at radius 1 is 1.07 bits per heavy atom. The highest BCUT2D eigenvalue weighted by atomic mass is 16.3. The molecule has 1 rings (SSSR count). The maximum Gasteiger partial charge on any atom is 0.155 e. The number of nitrogens with zero attached hydrogens (tertiary/aromatic N) is 1. The van der Waals surface area contributed by atoms with Gasteiger partial charge in [-0.1, -0.05) is 0 Å². The third-order valence-electron chi connectivity index (χ3n) is 1.79. The van der Waals surface area contributed by atoms with Crippen LogP contribution in [0.1, 0.15) is 20.7 Å². The number of hydrogen-bond donors (Lipinski definition) is 2. The Hall–Kier alpha value is -2.24. The fourth-order valence-corrected chi connectivity index (χ4v) is 1.03. The molecule has 0 saturated carbocycles. The molecular weight excluding hydrogens is 186 g/mol. The Morgan fingerprint density at radius 3 is 1.79 bits per heavy atom. The molecule has 0 spiro atoms. The van der Waals surface area contributed by atoms with E-state index in [1.807, 2.05) is 0 Å². The van der Waals surface area contributed by atoms with E-state index in [9.17, 15) is 14.5 Å². The summed E-state index contributed by atoms with van der Waals surface area (Å²) in [6.07, 6.45) is 0.854. The van der Waals surface area contributed by atoms with Gasteiger partial charge in [0.25, 0.3) is 0 Å². The standard InChI is InChI=1S/C8H7N3O3/c9-6-4(2-12)1-5(3-13)7(10)8(6)11-14/h1-3H,9-10H2. The smallest absolute Gasteiger partial charge is 0.155 e. The highest BCUT2D eigenvalue weighted by Crippen LogP contribution is 2.33. The molecule has 1 aromatic carbocycles. The lowest BCUT2D eigenvalue weighted by Gasteiger charge is -2.06.